The standard InChI is InChI=1S/C25H27N5O/c26-23-20-16-21(28-25(20)30-24(29-23)18-9-5-2-6-10-18)22(15-17-7-3-1-4-8-17)31-19-11-13-27-14-12-19/h1-10,16,19,22,27H,11-15H2,(H3,26,28,29,30). The molecule has 0 radical (unpaired) electrons. The van der Waals surface area contributed by atoms with Crippen LogP contribution in [0.3, 0.4) is 0 Å². The fourth-order valence-electron chi connectivity index (χ4n) is 4.17. The van der Waals surface area contributed by atoms with E-state index >= 15 is 0 Å². The number of nitrogens with one attached hydrogen (secondary N) is 2. The number of hydrogen-bond acceptors (Lipinski definition) is 5. The number of H-pyrrole nitrogens is 1. The third kappa shape index (κ3) is 4.45. The molecule has 2 aromatic carbocycles. The lowest BCUT2D eigenvalue weighted by molar-refractivity contribution is -0.0294. The van der Waals surface area contributed by atoms with Crippen LogP contribution in [-0.2, 0) is 11.2 Å². The monoisotopic (exact) mass is 413 g/mol. The Hall–Kier alpha value is -3.22. The maximum atomic E-state index is 6.61. The summed E-state index contributed by atoms with van der Waals surface area (Å²) >= 11 is 0. The summed E-state index contributed by atoms with van der Waals surface area (Å²) in [6, 6.07) is 22.4. The quantitative estimate of drug-likeness (QED) is 0.440. The number of rotatable bonds is 6. The molecule has 0 saturated carbocycles. The second-order valence-corrected chi connectivity index (χ2v) is 8.05. The normalized spacial score (nSPS) is 15.9. The van der Waals surface area contributed by atoms with E-state index in [9.17, 15) is 0 Å². The van der Waals surface area contributed by atoms with Crippen LogP contribution in [0.1, 0.15) is 30.2 Å². The van der Waals surface area contributed by atoms with Crippen molar-refractivity contribution >= 4 is 16.9 Å². The van der Waals surface area contributed by atoms with Crippen LogP contribution < -0.4 is 11.1 Å². The summed E-state index contributed by atoms with van der Waals surface area (Å²) in [6.07, 6.45) is 2.97. The van der Waals surface area contributed by atoms with Crippen molar-refractivity contribution in [1.29, 1.82) is 0 Å². The van der Waals surface area contributed by atoms with Gasteiger partial charge in [-0.25, -0.2) is 9.97 Å². The molecule has 1 aliphatic rings. The summed E-state index contributed by atoms with van der Waals surface area (Å²) in [7, 11) is 0. The van der Waals surface area contributed by atoms with Gasteiger partial charge in [0.05, 0.1) is 11.5 Å². The van der Waals surface area contributed by atoms with E-state index in [2.05, 4.69) is 39.6 Å². The van der Waals surface area contributed by atoms with Crippen LogP contribution in [0, 0.1) is 0 Å². The number of aromatic amines is 1. The van der Waals surface area contributed by atoms with Gasteiger partial charge < -0.3 is 20.8 Å². The van der Waals surface area contributed by atoms with E-state index in [0.717, 1.165) is 54.6 Å². The lowest BCUT2D eigenvalue weighted by Gasteiger charge is -2.28. The SMILES string of the molecule is Nc1nc(-c2ccccc2)nc2[nH]c(C(Cc3ccccc3)OC3CCNCC3)cc12. The molecule has 2 aromatic heterocycles. The average Bonchev–Trinajstić information content (AvgIpc) is 3.26. The Morgan fingerprint density at radius 1 is 0.968 bits per heavy atom. The van der Waals surface area contributed by atoms with Crippen LogP contribution in [0.4, 0.5) is 5.82 Å². The van der Waals surface area contributed by atoms with Gasteiger partial charge in [-0.3, -0.25) is 0 Å². The molecule has 1 atom stereocenters. The zero-order chi connectivity index (χ0) is 21.0. The highest BCUT2D eigenvalue weighted by molar-refractivity contribution is 5.88. The number of aromatic nitrogens is 3. The number of piperidine rings is 1. The average molecular weight is 414 g/mol. The summed E-state index contributed by atoms with van der Waals surface area (Å²) in [6.45, 7) is 1.99. The molecular weight excluding hydrogens is 386 g/mol. The van der Waals surface area contributed by atoms with E-state index < -0.39 is 0 Å². The van der Waals surface area contributed by atoms with Gasteiger partial charge in [0.2, 0.25) is 0 Å². The maximum absolute atomic E-state index is 6.61. The van der Waals surface area contributed by atoms with Gasteiger partial charge in [-0.05, 0) is 37.6 Å². The number of anilines is 1. The van der Waals surface area contributed by atoms with Crippen LogP contribution in [0.5, 0.6) is 0 Å². The van der Waals surface area contributed by atoms with Crippen LogP contribution in [0.2, 0.25) is 0 Å². The zero-order valence-corrected chi connectivity index (χ0v) is 17.4. The first-order valence-electron chi connectivity index (χ1n) is 10.9. The molecular formula is C25H27N5O. The van der Waals surface area contributed by atoms with Gasteiger partial charge in [0, 0.05) is 17.7 Å². The number of nitrogens with zero attached hydrogens (tertiary/aromatic N) is 2. The van der Waals surface area contributed by atoms with E-state index in [4.69, 9.17) is 15.5 Å². The predicted octanol–water partition coefficient (Wildman–Crippen LogP) is 4.26. The second-order valence-electron chi connectivity index (χ2n) is 8.05. The second kappa shape index (κ2) is 8.88. The molecule has 1 fully saturated rings. The molecule has 158 valence electrons. The Bertz CT molecular complexity index is 1140. The minimum absolute atomic E-state index is 0.0979. The van der Waals surface area contributed by atoms with E-state index in [1.54, 1.807) is 0 Å². The smallest absolute Gasteiger partial charge is 0.163 e. The third-order valence-corrected chi connectivity index (χ3v) is 5.82. The molecule has 6 nitrogen and oxygen atoms in total. The predicted molar refractivity (Wildman–Crippen MR) is 124 cm³/mol. The molecule has 3 heterocycles. The van der Waals surface area contributed by atoms with Crippen molar-refractivity contribution in [2.24, 2.45) is 0 Å². The lowest BCUT2D eigenvalue weighted by atomic mass is 10.0. The number of fused-ring (bicyclic) bond motifs is 1. The molecule has 5 rings (SSSR count). The van der Waals surface area contributed by atoms with Gasteiger partial charge in [0.15, 0.2) is 5.82 Å². The van der Waals surface area contributed by atoms with Crippen LogP contribution in [0.25, 0.3) is 22.4 Å². The highest BCUT2D eigenvalue weighted by atomic mass is 16.5. The van der Waals surface area contributed by atoms with Gasteiger partial charge >= 0.3 is 0 Å². The number of nitrogen functional groups attached to an aromatic ring is 1. The molecule has 1 unspecified atom stereocenters. The molecule has 1 aliphatic heterocycles. The van der Waals surface area contributed by atoms with E-state index in [1.165, 1.54) is 5.56 Å². The molecule has 0 amide bonds. The Balaban J connectivity index is 1.50. The number of hydrogen-bond donors (Lipinski definition) is 3. The fourth-order valence-corrected chi connectivity index (χ4v) is 4.17. The first-order chi connectivity index (χ1) is 15.3. The molecule has 6 heteroatoms. The number of nitrogens with two attached hydrogens (primary N) is 1. The van der Waals surface area contributed by atoms with Crippen molar-refractivity contribution in [3.8, 4) is 11.4 Å². The van der Waals surface area contributed by atoms with Crippen molar-refractivity contribution in [2.45, 2.75) is 31.5 Å². The van der Waals surface area contributed by atoms with Gasteiger partial charge in [-0.1, -0.05) is 60.7 Å². The molecule has 31 heavy (non-hydrogen) atoms. The Morgan fingerprint density at radius 3 is 2.42 bits per heavy atom. The van der Waals surface area contributed by atoms with Gasteiger partial charge in [0.25, 0.3) is 0 Å². The Labute approximate surface area is 181 Å². The van der Waals surface area contributed by atoms with Gasteiger partial charge in [-0.2, -0.15) is 0 Å². The molecule has 0 bridgehead atoms. The van der Waals surface area contributed by atoms with E-state index in [-0.39, 0.29) is 12.2 Å². The third-order valence-electron chi connectivity index (χ3n) is 5.82. The molecule has 4 aromatic rings. The van der Waals surface area contributed by atoms with Crippen LogP contribution >= 0.6 is 0 Å². The summed E-state index contributed by atoms with van der Waals surface area (Å²) in [5.41, 5.74) is 10.2. The van der Waals surface area contributed by atoms with Crippen LogP contribution in [0.15, 0.2) is 66.7 Å². The van der Waals surface area contributed by atoms with Crippen LogP contribution in [-0.4, -0.2) is 34.1 Å². The highest BCUT2D eigenvalue weighted by Gasteiger charge is 2.23. The molecule has 0 spiro atoms. The van der Waals surface area contributed by atoms with Gasteiger partial charge in [-0.15, -0.1) is 0 Å². The summed E-state index contributed by atoms with van der Waals surface area (Å²) in [5.74, 6) is 1.10. The highest BCUT2D eigenvalue weighted by Crippen LogP contribution is 2.30. The van der Waals surface area contributed by atoms with Crippen molar-refractivity contribution in [1.82, 2.24) is 20.3 Å². The summed E-state index contributed by atoms with van der Waals surface area (Å²) in [5, 5.41) is 4.24. The first kappa shape index (κ1) is 19.7. The minimum atomic E-state index is -0.0979. The minimum Gasteiger partial charge on any atom is -0.383 e. The lowest BCUT2D eigenvalue weighted by Crippen LogP contribution is -2.33. The summed E-state index contributed by atoms with van der Waals surface area (Å²) < 4.78 is 6.61. The molecule has 0 aliphatic carbocycles. The van der Waals surface area contributed by atoms with E-state index in [0.29, 0.717) is 11.6 Å². The molecule has 1 saturated heterocycles. The molecule has 4 N–H and O–H groups in total. The van der Waals surface area contributed by atoms with Crippen molar-refractivity contribution in [3.63, 3.8) is 0 Å². The van der Waals surface area contributed by atoms with Crippen molar-refractivity contribution in [3.05, 3.63) is 78.0 Å². The number of ether oxygens (including phenoxy) is 1. The summed E-state index contributed by atoms with van der Waals surface area (Å²) in [4.78, 5) is 12.8. The zero-order valence-electron chi connectivity index (χ0n) is 17.4. The maximum Gasteiger partial charge on any atom is 0.163 e. The Morgan fingerprint density at radius 2 is 1.68 bits per heavy atom. The number of benzene rings is 2. The van der Waals surface area contributed by atoms with E-state index in [1.807, 2.05) is 42.5 Å². The topological polar surface area (TPSA) is 88.9 Å². The largest absolute Gasteiger partial charge is 0.383 e. The Kier molecular flexibility index (Phi) is 5.65. The van der Waals surface area contributed by atoms with Gasteiger partial charge in [0.1, 0.15) is 17.6 Å². The first-order valence-corrected chi connectivity index (χ1v) is 10.9. The van der Waals surface area contributed by atoms with Crippen molar-refractivity contribution in [2.75, 3.05) is 18.8 Å². The van der Waals surface area contributed by atoms with Crippen molar-refractivity contribution < 1.29 is 4.74 Å². The fraction of sp³-hybridized carbons (Fsp3) is 0.280.